The Morgan fingerprint density at radius 1 is 1.36 bits per heavy atom. The average Bonchev–Trinajstić information content (AvgIpc) is 2.20. The molecule has 1 atom stereocenters. The second kappa shape index (κ2) is 5.32. The zero-order valence-electron chi connectivity index (χ0n) is 8.73. The van der Waals surface area contributed by atoms with Gasteiger partial charge in [0.1, 0.15) is 0 Å². The van der Waals surface area contributed by atoms with Crippen molar-refractivity contribution in [2.75, 3.05) is 7.11 Å². The third kappa shape index (κ3) is 3.27. The third-order valence-corrected chi connectivity index (χ3v) is 2.57. The maximum atomic E-state index is 11.1. The second-order valence-electron chi connectivity index (χ2n) is 3.73. The van der Waals surface area contributed by atoms with Gasteiger partial charge in [0.2, 0.25) is 0 Å². The van der Waals surface area contributed by atoms with E-state index in [9.17, 15) is 9.90 Å². The third-order valence-electron chi connectivity index (χ3n) is 2.57. The lowest BCUT2D eigenvalue weighted by Gasteiger charge is -2.27. The molecule has 14 heavy (non-hydrogen) atoms. The SMILES string of the molecule is COC(=O)C(C)OC1CCC(O)CC1. The van der Waals surface area contributed by atoms with Crippen LogP contribution < -0.4 is 0 Å². The van der Waals surface area contributed by atoms with Crippen LogP contribution in [-0.2, 0) is 14.3 Å². The smallest absolute Gasteiger partial charge is 0.334 e. The quantitative estimate of drug-likeness (QED) is 0.690. The van der Waals surface area contributed by atoms with Crippen molar-refractivity contribution < 1.29 is 19.4 Å². The minimum absolute atomic E-state index is 0.0903. The summed E-state index contributed by atoms with van der Waals surface area (Å²) in [6.07, 6.45) is 2.57. The van der Waals surface area contributed by atoms with E-state index in [1.807, 2.05) is 0 Å². The molecular weight excluding hydrogens is 184 g/mol. The van der Waals surface area contributed by atoms with Gasteiger partial charge < -0.3 is 14.6 Å². The highest BCUT2D eigenvalue weighted by Gasteiger charge is 2.24. The molecule has 1 unspecified atom stereocenters. The first-order valence-corrected chi connectivity index (χ1v) is 5.05. The van der Waals surface area contributed by atoms with Crippen LogP contribution in [0, 0.1) is 0 Å². The van der Waals surface area contributed by atoms with Crippen molar-refractivity contribution >= 4 is 5.97 Å². The average molecular weight is 202 g/mol. The predicted molar refractivity (Wildman–Crippen MR) is 50.8 cm³/mol. The van der Waals surface area contributed by atoms with Crippen molar-refractivity contribution in [2.24, 2.45) is 0 Å². The molecule has 82 valence electrons. The molecule has 0 aromatic heterocycles. The molecule has 1 fully saturated rings. The van der Waals surface area contributed by atoms with Gasteiger partial charge in [-0.1, -0.05) is 0 Å². The first-order valence-electron chi connectivity index (χ1n) is 5.05. The van der Waals surface area contributed by atoms with Crippen LogP contribution in [0.5, 0.6) is 0 Å². The Morgan fingerprint density at radius 3 is 2.43 bits per heavy atom. The normalized spacial score (nSPS) is 29.6. The number of aliphatic hydroxyl groups is 1. The Hall–Kier alpha value is -0.610. The van der Waals surface area contributed by atoms with Crippen molar-refractivity contribution in [2.45, 2.75) is 50.9 Å². The van der Waals surface area contributed by atoms with Gasteiger partial charge >= 0.3 is 5.97 Å². The first-order chi connectivity index (χ1) is 6.63. The maximum absolute atomic E-state index is 11.1. The van der Waals surface area contributed by atoms with Crippen molar-refractivity contribution in [1.82, 2.24) is 0 Å². The maximum Gasteiger partial charge on any atom is 0.334 e. The van der Waals surface area contributed by atoms with Gasteiger partial charge in [0, 0.05) is 0 Å². The summed E-state index contributed by atoms with van der Waals surface area (Å²) in [7, 11) is 1.35. The molecule has 0 heterocycles. The van der Waals surface area contributed by atoms with Crippen molar-refractivity contribution in [3.8, 4) is 0 Å². The van der Waals surface area contributed by atoms with E-state index in [1.54, 1.807) is 6.92 Å². The summed E-state index contributed by atoms with van der Waals surface area (Å²) in [5.74, 6) is -0.337. The van der Waals surface area contributed by atoms with Crippen molar-refractivity contribution in [3.63, 3.8) is 0 Å². The Bertz CT molecular complexity index is 185. The van der Waals surface area contributed by atoms with Crippen LogP contribution in [0.1, 0.15) is 32.6 Å². The van der Waals surface area contributed by atoms with Crippen molar-refractivity contribution in [3.05, 3.63) is 0 Å². The molecular formula is C10H18O4. The molecule has 1 aliphatic carbocycles. The predicted octanol–water partition coefficient (Wildman–Crippen LogP) is 0.868. The van der Waals surface area contributed by atoms with Gasteiger partial charge in [0.25, 0.3) is 0 Å². The van der Waals surface area contributed by atoms with E-state index in [-0.39, 0.29) is 18.2 Å². The lowest BCUT2D eigenvalue weighted by molar-refractivity contribution is -0.158. The van der Waals surface area contributed by atoms with Crippen molar-refractivity contribution in [1.29, 1.82) is 0 Å². The van der Waals surface area contributed by atoms with Gasteiger partial charge in [0.05, 0.1) is 19.3 Å². The first kappa shape index (κ1) is 11.5. The number of rotatable bonds is 3. The lowest BCUT2D eigenvalue weighted by atomic mass is 9.95. The summed E-state index contributed by atoms with van der Waals surface area (Å²) in [4.78, 5) is 11.1. The van der Waals surface area contributed by atoms with Gasteiger partial charge in [-0.15, -0.1) is 0 Å². The molecule has 1 N–H and O–H groups in total. The van der Waals surface area contributed by atoms with Crippen LogP contribution in [0.25, 0.3) is 0 Å². The summed E-state index contributed by atoms with van der Waals surface area (Å²) in [5.41, 5.74) is 0. The Labute approximate surface area is 84.2 Å². The van der Waals surface area contributed by atoms with E-state index in [1.165, 1.54) is 7.11 Å². The van der Waals surface area contributed by atoms with Gasteiger partial charge in [0.15, 0.2) is 6.10 Å². The van der Waals surface area contributed by atoms with Crippen LogP contribution in [0.4, 0.5) is 0 Å². The topological polar surface area (TPSA) is 55.8 Å². The van der Waals surface area contributed by atoms with Crippen LogP contribution in [-0.4, -0.2) is 36.5 Å². The number of hydrogen-bond acceptors (Lipinski definition) is 4. The number of aliphatic hydroxyl groups excluding tert-OH is 1. The molecule has 4 heteroatoms. The molecule has 0 amide bonds. The number of ether oxygens (including phenoxy) is 2. The molecule has 0 saturated heterocycles. The van der Waals surface area contributed by atoms with Crippen LogP contribution >= 0.6 is 0 Å². The Balaban J connectivity index is 2.27. The van der Waals surface area contributed by atoms with Crippen LogP contribution in [0.3, 0.4) is 0 Å². The summed E-state index contributed by atoms with van der Waals surface area (Å²) in [6.45, 7) is 1.69. The van der Waals surface area contributed by atoms with Gasteiger partial charge in [-0.3, -0.25) is 0 Å². The monoisotopic (exact) mass is 202 g/mol. The van der Waals surface area contributed by atoms with E-state index in [0.717, 1.165) is 25.7 Å². The molecule has 0 radical (unpaired) electrons. The Kier molecular flexibility index (Phi) is 4.35. The highest BCUT2D eigenvalue weighted by Crippen LogP contribution is 2.22. The molecule has 0 bridgehead atoms. The summed E-state index contributed by atoms with van der Waals surface area (Å²) in [6, 6.07) is 0. The van der Waals surface area contributed by atoms with Gasteiger partial charge in [-0.25, -0.2) is 4.79 Å². The number of carbonyl (C=O) groups excluding carboxylic acids is 1. The highest BCUT2D eigenvalue weighted by molar-refractivity contribution is 5.73. The van der Waals surface area contributed by atoms with Gasteiger partial charge in [-0.2, -0.15) is 0 Å². The molecule has 1 rings (SSSR count). The number of carbonyl (C=O) groups is 1. The largest absolute Gasteiger partial charge is 0.467 e. The van der Waals surface area contributed by atoms with E-state index in [0.29, 0.717) is 0 Å². The molecule has 0 aromatic carbocycles. The van der Waals surface area contributed by atoms with Gasteiger partial charge in [-0.05, 0) is 32.6 Å². The Morgan fingerprint density at radius 2 is 1.93 bits per heavy atom. The van der Waals surface area contributed by atoms with Crippen LogP contribution in [0.15, 0.2) is 0 Å². The van der Waals surface area contributed by atoms with E-state index >= 15 is 0 Å². The lowest BCUT2D eigenvalue weighted by Crippen LogP contribution is -2.31. The number of hydrogen-bond donors (Lipinski definition) is 1. The molecule has 0 spiro atoms. The molecule has 0 aliphatic heterocycles. The number of esters is 1. The molecule has 4 nitrogen and oxygen atoms in total. The van der Waals surface area contributed by atoms with E-state index in [2.05, 4.69) is 4.74 Å². The molecule has 1 aliphatic rings. The minimum atomic E-state index is -0.500. The molecule has 1 saturated carbocycles. The molecule has 0 aromatic rings. The number of methoxy groups -OCH3 is 1. The summed E-state index contributed by atoms with van der Waals surface area (Å²) >= 11 is 0. The van der Waals surface area contributed by atoms with E-state index in [4.69, 9.17) is 4.74 Å². The fourth-order valence-corrected chi connectivity index (χ4v) is 1.69. The fraction of sp³-hybridized carbons (Fsp3) is 0.900. The zero-order chi connectivity index (χ0) is 10.6. The summed E-state index contributed by atoms with van der Waals surface area (Å²) in [5, 5.41) is 9.27. The zero-order valence-corrected chi connectivity index (χ0v) is 8.73. The minimum Gasteiger partial charge on any atom is -0.467 e. The summed E-state index contributed by atoms with van der Waals surface area (Å²) < 4.78 is 10.1. The fourth-order valence-electron chi connectivity index (χ4n) is 1.69. The second-order valence-corrected chi connectivity index (χ2v) is 3.73. The van der Waals surface area contributed by atoms with Crippen LogP contribution in [0.2, 0.25) is 0 Å². The standard InChI is InChI=1S/C10H18O4/c1-7(10(12)13-2)14-9-5-3-8(11)4-6-9/h7-9,11H,3-6H2,1-2H3. The highest BCUT2D eigenvalue weighted by atomic mass is 16.6. The van der Waals surface area contributed by atoms with E-state index < -0.39 is 6.10 Å².